The Morgan fingerprint density at radius 2 is 1.83 bits per heavy atom. The van der Waals surface area contributed by atoms with Gasteiger partial charge >= 0.3 is 5.69 Å². The molecule has 0 radical (unpaired) electrons. The Morgan fingerprint density at radius 1 is 1.08 bits per heavy atom. The van der Waals surface area contributed by atoms with E-state index in [2.05, 4.69) is 35.7 Å². The maximum absolute atomic E-state index is 11.0. The molecule has 1 N–H and O–H groups in total. The lowest BCUT2D eigenvalue weighted by Crippen LogP contribution is -1.98. The van der Waals surface area contributed by atoms with Crippen molar-refractivity contribution in [2.24, 2.45) is 5.10 Å². The molecule has 0 amide bonds. The summed E-state index contributed by atoms with van der Waals surface area (Å²) in [5.74, 6) is 0. The summed E-state index contributed by atoms with van der Waals surface area (Å²) in [5.41, 5.74) is 1.94. The zero-order valence-corrected chi connectivity index (χ0v) is 13.4. The Hall–Kier alpha value is -3.03. The van der Waals surface area contributed by atoms with Gasteiger partial charge in [-0.15, -0.1) is 0 Å². The zero-order chi connectivity index (χ0) is 17.8. The van der Waals surface area contributed by atoms with Crippen LogP contribution in [0.1, 0.15) is 32.6 Å². The van der Waals surface area contributed by atoms with E-state index in [1.165, 1.54) is 12.1 Å². The molecule has 24 heavy (non-hydrogen) atoms. The van der Waals surface area contributed by atoms with E-state index < -0.39 is 9.85 Å². The van der Waals surface area contributed by atoms with Gasteiger partial charge in [0.15, 0.2) is 0 Å². The summed E-state index contributed by atoms with van der Waals surface area (Å²) in [6, 6.07) is 3.37. The highest BCUT2D eigenvalue weighted by Gasteiger charge is 2.18. The van der Waals surface area contributed by atoms with E-state index in [1.807, 2.05) is 6.08 Å². The van der Waals surface area contributed by atoms with E-state index in [9.17, 15) is 20.2 Å². The zero-order valence-electron chi connectivity index (χ0n) is 13.4. The van der Waals surface area contributed by atoms with Crippen LogP contribution in [0.5, 0.6) is 0 Å². The van der Waals surface area contributed by atoms with Crippen LogP contribution < -0.4 is 5.43 Å². The number of unbranched alkanes of at least 4 members (excludes halogenated alkanes) is 1. The molecule has 1 rings (SSSR count). The lowest BCUT2D eigenvalue weighted by Gasteiger charge is -2.01. The predicted octanol–water partition coefficient (Wildman–Crippen LogP) is 4.59. The SMILES string of the molecule is CCC=CCC=CCCC=NNc1ccc([N+](=O)[O-])cc1[N+](=O)[O-]. The number of benzene rings is 1. The van der Waals surface area contributed by atoms with E-state index in [4.69, 9.17) is 0 Å². The fourth-order valence-corrected chi connectivity index (χ4v) is 1.79. The average Bonchev–Trinajstić information content (AvgIpc) is 2.56. The number of nitro groups is 2. The number of anilines is 1. The topological polar surface area (TPSA) is 111 Å². The van der Waals surface area contributed by atoms with Crippen LogP contribution in [0, 0.1) is 20.2 Å². The van der Waals surface area contributed by atoms with E-state index >= 15 is 0 Å². The average molecular weight is 332 g/mol. The number of nitrogens with one attached hydrogen (secondary N) is 1. The van der Waals surface area contributed by atoms with Gasteiger partial charge < -0.3 is 0 Å². The van der Waals surface area contributed by atoms with Crippen LogP contribution >= 0.6 is 0 Å². The molecule has 0 heterocycles. The number of allylic oxidation sites excluding steroid dienone is 4. The van der Waals surface area contributed by atoms with E-state index in [-0.39, 0.29) is 17.1 Å². The van der Waals surface area contributed by atoms with Crippen LogP contribution in [-0.2, 0) is 0 Å². The van der Waals surface area contributed by atoms with Gasteiger partial charge in [0, 0.05) is 12.3 Å². The van der Waals surface area contributed by atoms with Crippen LogP contribution in [0.3, 0.4) is 0 Å². The molecule has 0 bridgehead atoms. The van der Waals surface area contributed by atoms with E-state index in [1.54, 1.807) is 6.21 Å². The maximum Gasteiger partial charge on any atom is 0.301 e. The van der Waals surface area contributed by atoms with Crippen molar-refractivity contribution < 1.29 is 9.85 Å². The quantitative estimate of drug-likeness (QED) is 0.221. The summed E-state index contributed by atoms with van der Waals surface area (Å²) >= 11 is 0. The molecule has 0 saturated heterocycles. The van der Waals surface area contributed by atoms with Crippen LogP contribution in [-0.4, -0.2) is 16.1 Å². The molecule has 1 aromatic rings. The third-order valence-corrected chi connectivity index (χ3v) is 2.97. The normalized spacial score (nSPS) is 11.5. The van der Waals surface area contributed by atoms with Gasteiger partial charge in [-0.05, 0) is 31.7 Å². The second-order valence-corrected chi connectivity index (χ2v) is 4.80. The number of hydrogen-bond donors (Lipinski definition) is 1. The molecule has 1 aromatic carbocycles. The van der Waals surface area contributed by atoms with Crippen LogP contribution in [0.4, 0.5) is 17.1 Å². The van der Waals surface area contributed by atoms with Gasteiger partial charge in [-0.2, -0.15) is 5.10 Å². The van der Waals surface area contributed by atoms with E-state index in [0.29, 0.717) is 6.42 Å². The summed E-state index contributed by atoms with van der Waals surface area (Å²) in [7, 11) is 0. The molecular formula is C16H20N4O4. The Kier molecular flexibility index (Phi) is 8.44. The Labute approximate surface area is 139 Å². The minimum atomic E-state index is -0.683. The van der Waals surface area contributed by atoms with Crippen LogP contribution in [0.25, 0.3) is 0 Å². The van der Waals surface area contributed by atoms with Crippen molar-refractivity contribution in [2.75, 3.05) is 5.43 Å². The number of hydrazone groups is 1. The molecule has 0 atom stereocenters. The molecule has 0 aromatic heterocycles. The van der Waals surface area contributed by atoms with Gasteiger partial charge in [0.1, 0.15) is 5.69 Å². The second-order valence-electron chi connectivity index (χ2n) is 4.80. The summed E-state index contributed by atoms with van der Waals surface area (Å²) in [5, 5.41) is 25.5. The molecule has 0 aliphatic carbocycles. The molecule has 0 unspecified atom stereocenters. The second kappa shape index (κ2) is 10.7. The molecule has 8 nitrogen and oxygen atoms in total. The summed E-state index contributed by atoms with van der Waals surface area (Å²) in [4.78, 5) is 20.2. The van der Waals surface area contributed by atoms with Crippen molar-refractivity contribution in [3.8, 4) is 0 Å². The molecule has 0 saturated carbocycles. The number of non-ortho nitro benzene ring substituents is 1. The van der Waals surface area contributed by atoms with Crippen molar-refractivity contribution >= 4 is 23.3 Å². The molecular weight excluding hydrogens is 312 g/mol. The van der Waals surface area contributed by atoms with Gasteiger partial charge in [0.2, 0.25) is 0 Å². The number of nitrogens with zero attached hydrogens (tertiary/aromatic N) is 3. The fourth-order valence-electron chi connectivity index (χ4n) is 1.79. The Morgan fingerprint density at radius 3 is 2.50 bits per heavy atom. The monoisotopic (exact) mass is 332 g/mol. The van der Waals surface area contributed by atoms with Crippen molar-refractivity contribution in [2.45, 2.75) is 32.6 Å². The third kappa shape index (κ3) is 6.82. The number of nitro benzene ring substituents is 2. The smallest absolute Gasteiger partial charge is 0.272 e. The molecule has 0 aliphatic heterocycles. The lowest BCUT2D eigenvalue weighted by molar-refractivity contribution is -0.393. The molecule has 0 spiro atoms. The standard InChI is InChI=1S/C16H20N4O4/c1-2-3-4-5-6-7-8-9-12-17-18-15-11-10-14(19(21)22)13-16(15)20(23)24/h3-4,6-7,10-13,18H,2,5,8-9H2,1H3. The van der Waals surface area contributed by atoms with Crippen LogP contribution in [0.15, 0.2) is 47.6 Å². The number of hydrogen-bond acceptors (Lipinski definition) is 6. The third-order valence-electron chi connectivity index (χ3n) is 2.97. The highest BCUT2D eigenvalue weighted by atomic mass is 16.6. The first-order valence-electron chi connectivity index (χ1n) is 7.56. The molecule has 8 heteroatoms. The largest absolute Gasteiger partial charge is 0.301 e. The first-order chi connectivity index (χ1) is 11.6. The minimum Gasteiger partial charge on any atom is -0.272 e. The first-order valence-corrected chi connectivity index (χ1v) is 7.56. The van der Waals surface area contributed by atoms with Gasteiger partial charge in [-0.25, -0.2) is 0 Å². The highest BCUT2D eigenvalue weighted by Crippen LogP contribution is 2.28. The fraction of sp³-hybridized carbons (Fsp3) is 0.312. The molecule has 0 aliphatic rings. The molecule has 0 fully saturated rings. The van der Waals surface area contributed by atoms with Crippen molar-refractivity contribution in [1.29, 1.82) is 0 Å². The van der Waals surface area contributed by atoms with Gasteiger partial charge in [0.05, 0.1) is 15.9 Å². The number of rotatable bonds is 10. The van der Waals surface area contributed by atoms with Crippen molar-refractivity contribution in [3.05, 3.63) is 62.7 Å². The highest BCUT2D eigenvalue weighted by molar-refractivity contribution is 5.67. The first kappa shape index (κ1) is 19.0. The molecule has 128 valence electrons. The summed E-state index contributed by atoms with van der Waals surface area (Å²) < 4.78 is 0. The lowest BCUT2D eigenvalue weighted by atomic mass is 10.2. The summed E-state index contributed by atoms with van der Waals surface area (Å²) in [6.07, 6.45) is 13.3. The van der Waals surface area contributed by atoms with Crippen molar-refractivity contribution in [3.63, 3.8) is 0 Å². The van der Waals surface area contributed by atoms with Crippen LogP contribution in [0.2, 0.25) is 0 Å². The predicted molar refractivity (Wildman–Crippen MR) is 94.3 cm³/mol. The summed E-state index contributed by atoms with van der Waals surface area (Å²) in [6.45, 7) is 2.08. The van der Waals surface area contributed by atoms with E-state index in [0.717, 1.165) is 25.3 Å². The Bertz CT molecular complexity index is 653. The van der Waals surface area contributed by atoms with Gasteiger partial charge in [0.25, 0.3) is 5.69 Å². The minimum absolute atomic E-state index is 0.113. The van der Waals surface area contributed by atoms with Gasteiger partial charge in [-0.1, -0.05) is 31.2 Å². The van der Waals surface area contributed by atoms with Crippen molar-refractivity contribution in [1.82, 2.24) is 0 Å². The Balaban J connectivity index is 2.50. The van der Waals surface area contributed by atoms with Gasteiger partial charge in [-0.3, -0.25) is 25.7 Å². The maximum atomic E-state index is 11.0.